The van der Waals surface area contributed by atoms with Crippen molar-refractivity contribution in [1.29, 1.82) is 0 Å². The van der Waals surface area contributed by atoms with E-state index in [2.05, 4.69) is 16.1 Å². The summed E-state index contributed by atoms with van der Waals surface area (Å²) in [6, 6.07) is 19.1. The minimum atomic E-state index is -3.81. The molecule has 0 saturated carbocycles. The average molecular weight is 423 g/mol. The van der Waals surface area contributed by atoms with E-state index < -0.39 is 10.0 Å². The Morgan fingerprint density at radius 2 is 1.60 bits per heavy atom. The number of carbonyl (C=O) groups is 1. The second-order valence-corrected chi connectivity index (χ2v) is 9.19. The summed E-state index contributed by atoms with van der Waals surface area (Å²) in [4.78, 5) is 12.8. The second-order valence-electron chi connectivity index (χ2n) is 7.50. The number of aryl methyl sites for hydroxylation is 3. The number of rotatable bonds is 6. The molecule has 2 N–H and O–H groups in total. The fourth-order valence-corrected chi connectivity index (χ4v) is 4.54. The monoisotopic (exact) mass is 422 g/mol. The number of para-hydroxylation sites is 1. The Labute approximate surface area is 178 Å². The molecule has 3 aromatic rings. The van der Waals surface area contributed by atoms with E-state index in [0.29, 0.717) is 11.3 Å². The lowest BCUT2D eigenvalue weighted by Crippen LogP contribution is -2.27. The van der Waals surface area contributed by atoms with Crippen molar-refractivity contribution in [3.63, 3.8) is 0 Å². The van der Waals surface area contributed by atoms with E-state index >= 15 is 0 Å². The molecule has 0 radical (unpaired) electrons. The third-order valence-corrected chi connectivity index (χ3v) is 6.40. The third kappa shape index (κ3) is 4.89. The van der Waals surface area contributed by atoms with E-state index in [1.807, 2.05) is 52.0 Å². The molecule has 1 amide bonds. The first-order valence-corrected chi connectivity index (χ1v) is 11.2. The molecule has 3 rings (SSSR count). The first kappa shape index (κ1) is 21.6. The van der Waals surface area contributed by atoms with E-state index in [1.54, 1.807) is 24.3 Å². The van der Waals surface area contributed by atoms with Crippen LogP contribution in [0, 0.1) is 20.8 Å². The van der Waals surface area contributed by atoms with Gasteiger partial charge in [-0.1, -0.05) is 48.0 Å². The number of sulfonamides is 1. The molecule has 0 spiro atoms. The smallest absolute Gasteiger partial charge is 0.261 e. The predicted octanol–water partition coefficient (Wildman–Crippen LogP) is 4.90. The lowest BCUT2D eigenvalue weighted by molar-refractivity contribution is 0.0939. The Balaban J connectivity index is 1.80. The van der Waals surface area contributed by atoms with E-state index in [1.165, 1.54) is 12.1 Å². The zero-order valence-electron chi connectivity index (χ0n) is 17.6. The molecular weight excluding hydrogens is 396 g/mol. The summed E-state index contributed by atoms with van der Waals surface area (Å²) in [5.41, 5.74) is 4.90. The van der Waals surface area contributed by atoms with Gasteiger partial charge in [-0.05, 0) is 68.7 Å². The second kappa shape index (κ2) is 8.71. The summed E-state index contributed by atoms with van der Waals surface area (Å²) in [5.74, 6) is -0.324. The Morgan fingerprint density at radius 3 is 2.30 bits per heavy atom. The lowest BCUT2D eigenvalue weighted by atomic mass is 10.00. The summed E-state index contributed by atoms with van der Waals surface area (Å²) in [6.07, 6.45) is 0. The van der Waals surface area contributed by atoms with E-state index in [-0.39, 0.29) is 16.8 Å². The Hall–Kier alpha value is -3.12. The highest BCUT2D eigenvalue weighted by atomic mass is 32.2. The predicted molar refractivity (Wildman–Crippen MR) is 120 cm³/mol. The van der Waals surface area contributed by atoms with Crippen LogP contribution in [0.4, 0.5) is 5.69 Å². The van der Waals surface area contributed by atoms with Crippen molar-refractivity contribution in [2.24, 2.45) is 0 Å². The van der Waals surface area contributed by atoms with Crippen LogP contribution in [0.25, 0.3) is 0 Å². The molecule has 0 heterocycles. The topological polar surface area (TPSA) is 75.3 Å². The van der Waals surface area contributed by atoms with Crippen LogP contribution >= 0.6 is 0 Å². The average Bonchev–Trinajstić information content (AvgIpc) is 2.69. The molecule has 3 aromatic carbocycles. The van der Waals surface area contributed by atoms with Gasteiger partial charge in [-0.25, -0.2) is 8.42 Å². The van der Waals surface area contributed by atoms with Crippen molar-refractivity contribution in [3.8, 4) is 0 Å². The number of benzene rings is 3. The normalized spacial score (nSPS) is 12.3. The zero-order valence-corrected chi connectivity index (χ0v) is 18.4. The van der Waals surface area contributed by atoms with Crippen LogP contribution in [0.1, 0.15) is 45.6 Å². The van der Waals surface area contributed by atoms with Crippen LogP contribution in [-0.4, -0.2) is 14.3 Å². The molecule has 6 heteroatoms. The highest BCUT2D eigenvalue weighted by Gasteiger charge is 2.19. The maximum atomic E-state index is 12.8. The van der Waals surface area contributed by atoms with Crippen molar-refractivity contribution in [2.75, 3.05) is 4.72 Å². The van der Waals surface area contributed by atoms with Gasteiger partial charge in [0.1, 0.15) is 0 Å². The highest BCUT2D eigenvalue weighted by Crippen LogP contribution is 2.22. The molecule has 0 fully saturated rings. The fraction of sp³-hybridized carbons (Fsp3) is 0.208. The summed E-state index contributed by atoms with van der Waals surface area (Å²) >= 11 is 0. The Bertz CT molecular complexity index is 1190. The molecule has 0 aliphatic carbocycles. The summed E-state index contributed by atoms with van der Waals surface area (Å²) in [6.45, 7) is 7.78. The van der Waals surface area contributed by atoms with Gasteiger partial charge in [-0.2, -0.15) is 0 Å². The molecule has 1 atom stereocenters. The van der Waals surface area contributed by atoms with Crippen molar-refractivity contribution in [1.82, 2.24) is 5.32 Å². The van der Waals surface area contributed by atoms with Crippen LogP contribution in [0.2, 0.25) is 0 Å². The largest absolute Gasteiger partial charge is 0.346 e. The summed E-state index contributed by atoms with van der Waals surface area (Å²) in [7, 11) is -3.81. The Kier molecular flexibility index (Phi) is 6.27. The molecule has 0 aromatic heterocycles. The molecule has 156 valence electrons. The molecular formula is C24H26N2O3S. The SMILES string of the molecule is Cc1ccc([C@H](C)NC(=O)c2cccc(S(=O)(=O)Nc3ccccc3C)c2)c(C)c1. The van der Waals surface area contributed by atoms with Crippen LogP contribution in [0.5, 0.6) is 0 Å². The molecule has 0 aliphatic rings. The van der Waals surface area contributed by atoms with Gasteiger partial charge in [0.25, 0.3) is 15.9 Å². The standard InChI is InChI=1S/C24H26N2O3S/c1-16-12-13-22(18(3)14-16)19(4)25-24(27)20-9-7-10-21(15-20)30(28,29)26-23-11-6-5-8-17(23)2/h5-15,19,26H,1-4H3,(H,25,27)/t19-/m0/s1. The van der Waals surface area contributed by atoms with E-state index in [9.17, 15) is 13.2 Å². The lowest BCUT2D eigenvalue weighted by Gasteiger charge is -2.17. The van der Waals surface area contributed by atoms with Crippen LogP contribution in [0.3, 0.4) is 0 Å². The molecule has 0 aliphatic heterocycles. The van der Waals surface area contributed by atoms with Gasteiger partial charge in [0.15, 0.2) is 0 Å². The van der Waals surface area contributed by atoms with E-state index in [4.69, 9.17) is 0 Å². The number of nitrogens with one attached hydrogen (secondary N) is 2. The van der Waals surface area contributed by atoms with Gasteiger partial charge in [-0.15, -0.1) is 0 Å². The molecule has 0 bridgehead atoms. The number of hydrogen-bond donors (Lipinski definition) is 2. The van der Waals surface area contributed by atoms with Crippen LogP contribution < -0.4 is 10.0 Å². The van der Waals surface area contributed by atoms with Gasteiger partial charge < -0.3 is 5.32 Å². The Morgan fingerprint density at radius 1 is 0.867 bits per heavy atom. The maximum absolute atomic E-state index is 12.8. The van der Waals surface area contributed by atoms with Crippen molar-refractivity contribution < 1.29 is 13.2 Å². The van der Waals surface area contributed by atoms with Gasteiger partial charge in [0.2, 0.25) is 0 Å². The quantitative estimate of drug-likeness (QED) is 0.593. The first-order chi connectivity index (χ1) is 14.2. The van der Waals surface area contributed by atoms with Crippen LogP contribution in [-0.2, 0) is 10.0 Å². The third-order valence-electron chi connectivity index (χ3n) is 5.04. The highest BCUT2D eigenvalue weighted by molar-refractivity contribution is 7.92. The molecule has 5 nitrogen and oxygen atoms in total. The molecule has 30 heavy (non-hydrogen) atoms. The van der Waals surface area contributed by atoms with Crippen molar-refractivity contribution >= 4 is 21.6 Å². The number of anilines is 1. The summed E-state index contributed by atoms with van der Waals surface area (Å²) < 4.78 is 28.2. The van der Waals surface area contributed by atoms with Gasteiger partial charge in [0, 0.05) is 5.56 Å². The number of hydrogen-bond acceptors (Lipinski definition) is 3. The zero-order chi connectivity index (χ0) is 21.9. The minimum absolute atomic E-state index is 0.0394. The van der Waals surface area contributed by atoms with Crippen molar-refractivity contribution in [3.05, 3.63) is 94.5 Å². The van der Waals surface area contributed by atoms with E-state index in [0.717, 1.165) is 22.3 Å². The fourth-order valence-electron chi connectivity index (χ4n) is 3.36. The van der Waals surface area contributed by atoms with Gasteiger partial charge in [-0.3, -0.25) is 9.52 Å². The van der Waals surface area contributed by atoms with Gasteiger partial charge >= 0.3 is 0 Å². The minimum Gasteiger partial charge on any atom is -0.346 e. The van der Waals surface area contributed by atoms with Gasteiger partial charge in [0.05, 0.1) is 16.6 Å². The summed E-state index contributed by atoms with van der Waals surface area (Å²) in [5, 5.41) is 2.96. The van der Waals surface area contributed by atoms with Crippen LogP contribution in [0.15, 0.2) is 71.6 Å². The van der Waals surface area contributed by atoms with Crippen molar-refractivity contribution in [2.45, 2.75) is 38.6 Å². The molecule has 0 unspecified atom stereocenters. The number of carbonyl (C=O) groups excluding carboxylic acids is 1. The maximum Gasteiger partial charge on any atom is 0.261 e. The molecule has 0 saturated heterocycles. The first-order valence-electron chi connectivity index (χ1n) is 9.74. The number of amides is 1.